The molecular formula is C14H11F2N5. The van der Waals surface area contributed by atoms with Crippen LogP contribution in [-0.2, 0) is 0 Å². The van der Waals surface area contributed by atoms with Crippen LogP contribution in [0.15, 0.2) is 36.4 Å². The van der Waals surface area contributed by atoms with Gasteiger partial charge in [-0.05, 0) is 41.1 Å². The highest BCUT2D eigenvalue weighted by atomic mass is 19.1. The lowest BCUT2D eigenvalue weighted by molar-refractivity contribution is 0.579. The highest BCUT2D eigenvalue weighted by Gasteiger charge is 2.16. The van der Waals surface area contributed by atoms with Crippen LogP contribution in [0.25, 0.3) is 17.1 Å². The molecular weight excluding hydrogens is 276 g/mol. The minimum absolute atomic E-state index is 0.190. The normalized spacial score (nSPS) is 10.8. The summed E-state index contributed by atoms with van der Waals surface area (Å²) in [5.74, 6) is -1.08. The molecule has 0 saturated carbocycles. The van der Waals surface area contributed by atoms with Crippen molar-refractivity contribution in [3.05, 3.63) is 53.6 Å². The van der Waals surface area contributed by atoms with Gasteiger partial charge in [0.1, 0.15) is 11.6 Å². The van der Waals surface area contributed by atoms with Crippen LogP contribution < -0.4 is 5.73 Å². The molecule has 0 amide bonds. The third-order valence-corrected chi connectivity index (χ3v) is 3.09. The van der Waals surface area contributed by atoms with Crippen LogP contribution in [0.3, 0.4) is 0 Å². The summed E-state index contributed by atoms with van der Waals surface area (Å²) in [7, 11) is 0. The molecule has 0 aliphatic rings. The summed E-state index contributed by atoms with van der Waals surface area (Å²) >= 11 is 0. The van der Waals surface area contributed by atoms with Crippen LogP contribution in [0.5, 0.6) is 0 Å². The molecule has 2 N–H and O–H groups in total. The standard InChI is InChI=1S/C14H11F2N5/c1-8-3-2-4-12(17)13(8)14-18-19-20-21(14)11-6-9(15)5-10(16)7-11/h2-7H,17H2,1H3. The lowest BCUT2D eigenvalue weighted by atomic mass is 10.1. The average Bonchev–Trinajstić information content (AvgIpc) is 2.86. The van der Waals surface area contributed by atoms with Gasteiger partial charge in [-0.1, -0.05) is 12.1 Å². The first kappa shape index (κ1) is 13.2. The highest BCUT2D eigenvalue weighted by Crippen LogP contribution is 2.28. The molecule has 2 aromatic carbocycles. The number of hydrogen-bond acceptors (Lipinski definition) is 4. The fourth-order valence-corrected chi connectivity index (χ4v) is 2.17. The lowest BCUT2D eigenvalue weighted by Crippen LogP contribution is -2.04. The molecule has 0 unspecified atom stereocenters. The molecule has 21 heavy (non-hydrogen) atoms. The van der Waals surface area contributed by atoms with Crippen molar-refractivity contribution < 1.29 is 8.78 Å². The summed E-state index contributed by atoms with van der Waals surface area (Å²) < 4.78 is 28.0. The number of benzene rings is 2. The summed E-state index contributed by atoms with van der Waals surface area (Å²) in [6, 6.07) is 8.47. The number of halogens is 2. The first-order chi connectivity index (χ1) is 10.1. The van der Waals surface area contributed by atoms with E-state index in [1.165, 1.54) is 4.68 Å². The Morgan fingerprint density at radius 2 is 1.81 bits per heavy atom. The Labute approximate surface area is 119 Å². The number of nitrogens with two attached hydrogens (primary N) is 1. The van der Waals surface area contributed by atoms with E-state index in [2.05, 4.69) is 15.5 Å². The Bertz CT molecular complexity index is 772. The Kier molecular flexibility index (Phi) is 3.09. The number of tetrazole rings is 1. The molecule has 0 spiro atoms. The zero-order valence-electron chi connectivity index (χ0n) is 11.1. The van der Waals surface area contributed by atoms with Crippen molar-refractivity contribution in [2.45, 2.75) is 6.92 Å². The molecule has 7 heteroatoms. The summed E-state index contributed by atoms with van der Waals surface area (Å²) in [4.78, 5) is 0. The monoisotopic (exact) mass is 287 g/mol. The fourth-order valence-electron chi connectivity index (χ4n) is 2.17. The zero-order chi connectivity index (χ0) is 15.0. The van der Waals surface area contributed by atoms with E-state index in [1.54, 1.807) is 6.07 Å². The second-order valence-electron chi connectivity index (χ2n) is 4.58. The fraction of sp³-hybridized carbons (Fsp3) is 0.0714. The Hall–Kier alpha value is -2.83. The number of aromatic nitrogens is 4. The first-order valence-electron chi connectivity index (χ1n) is 6.16. The van der Waals surface area contributed by atoms with Crippen LogP contribution in [0, 0.1) is 18.6 Å². The van der Waals surface area contributed by atoms with Crippen LogP contribution in [-0.4, -0.2) is 20.2 Å². The molecule has 3 aromatic rings. The van der Waals surface area contributed by atoms with Crippen molar-refractivity contribution in [2.24, 2.45) is 0 Å². The van der Waals surface area contributed by atoms with Gasteiger partial charge in [0.25, 0.3) is 0 Å². The average molecular weight is 287 g/mol. The molecule has 3 rings (SSSR count). The van der Waals surface area contributed by atoms with Crippen molar-refractivity contribution in [3.8, 4) is 17.1 Å². The van der Waals surface area contributed by atoms with Crippen molar-refractivity contribution in [2.75, 3.05) is 5.73 Å². The van der Waals surface area contributed by atoms with Gasteiger partial charge in [-0.3, -0.25) is 0 Å². The number of hydrogen-bond donors (Lipinski definition) is 1. The molecule has 5 nitrogen and oxygen atoms in total. The number of rotatable bonds is 2. The van der Waals surface area contributed by atoms with E-state index in [-0.39, 0.29) is 5.69 Å². The molecule has 0 saturated heterocycles. The van der Waals surface area contributed by atoms with Crippen molar-refractivity contribution in [1.82, 2.24) is 20.2 Å². The largest absolute Gasteiger partial charge is 0.398 e. The van der Waals surface area contributed by atoms with Gasteiger partial charge in [0.15, 0.2) is 5.82 Å². The van der Waals surface area contributed by atoms with Gasteiger partial charge in [0.05, 0.1) is 5.69 Å². The highest BCUT2D eigenvalue weighted by molar-refractivity contribution is 5.75. The maximum Gasteiger partial charge on any atom is 0.189 e. The van der Waals surface area contributed by atoms with Crippen molar-refractivity contribution in [1.29, 1.82) is 0 Å². The van der Waals surface area contributed by atoms with Gasteiger partial charge in [0, 0.05) is 17.3 Å². The van der Waals surface area contributed by atoms with Gasteiger partial charge in [-0.2, -0.15) is 4.68 Å². The van der Waals surface area contributed by atoms with Crippen molar-refractivity contribution in [3.63, 3.8) is 0 Å². The zero-order valence-corrected chi connectivity index (χ0v) is 11.1. The molecule has 1 aromatic heterocycles. The van der Waals surface area contributed by atoms with Crippen LogP contribution in [0.2, 0.25) is 0 Å². The molecule has 0 fully saturated rings. The predicted octanol–water partition coefficient (Wildman–Crippen LogP) is 2.50. The van der Waals surface area contributed by atoms with E-state index in [0.717, 1.165) is 23.8 Å². The summed E-state index contributed by atoms with van der Waals surface area (Å²) in [6.45, 7) is 1.86. The van der Waals surface area contributed by atoms with Crippen molar-refractivity contribution >= 4 is 5.69 Å². The number of anilines is 1. The van der Waals surface area contributed by atoms with E-state index in [9.17, 15) is 8.78 Å². The summed E-state index contributed by atoms with van der Waals surface area (Å²) in [5.41, 5.74) is 8.14. The molecule has 0 aliphatic heterocycles. The molecule has 0 aliphatic carbocycles. The summed E-state index contributed by atoms with van der Waals surface area (Å²) in [6.07, 6.45) is 0. The van der Waals surface area contributed by atoms with Gasteiger partial charge < -0.3 is 5.73 Å². The van der Waals surface area contributed by atoms with Crippen LogP contribution in [0.4, 0.5) is 14.5 Å². The number of nitrogen functional groups attached to an aromatic ring is 1. The minimum Gasteiger partial charge on any atom is -0.398 e. The Balaban J connectivity index is 2.22. The third-order valence-electron chi connectivity index (χ3n) is 3.09. The second kappa shape index (κ2) is 4.93. The Morgan fingerprint density at radius 1 is 1.10 bits per heavy atom. The molecule has 0 atom stereocenters. The van der Waals surface area contributed by atoms with E-state index in [0.29, 0.717) is 17.1 Å². The van der Waals surface area contributed by atoms with E-state index < -0.39 is 11.6 Å². The maximum absolute atomic E-state index is 13.4. The van der Waals surface area contributed by atoms with Gasteiger partial charge in [-0.25, -0.2) is 8.78 Å². The van der Waals surface area contributed by atoms with Crippen LogP contribution >= 0.6 is 0 Å². The van der Waals surface area contributed by atoms with E-state index in [4.69, 9.17) is 5.73 Å². The van der Waals surface area contributed by atoms with E-state index >= 15 is 0 Å². The molecule has 1 heterocycles. The molecule has 0 radical (unpaired) electrons. The van der Waals surface area contributed by atoms with Gasteiger partial charge in [0.2, 0.25) is 0 Å². The van der Waals surface area contributed by atoms with Gasteiger partial charge in [-0.15, -0.1) is 5.10 Å². The molecule has 0 bridgehead atoms. The Morgan fingerprint density at radius 3 is 2.48 bits per heavy atom. The minimum atomic E-state index is -0.704. The summed E-state index contributed by atoms with van der Waals surface area (Å²) in [5, 5.41) is 11.3. The third kappa shape index (κ3) is 2.33. The lowest BCUT2D eigenvalue weighted by Gasteiger charge is -2.09. The maximum atomic E-state index is 13.4. The number of aryl methyl sites for hydroxylation is 1. The SMILES string of the molecule is Cc1cccc(N)c1-c1nnnn1-c1cc(F)cc(F)c1. The quantitative estimate of drug-likeness (QED) is 0.735. The smallest absolute Gasteiger partial charge is 0.189 e. The second-order valence-corrected chi connectivity index (χ2v) is 4.58. The van der Waals surface area contributed by atoms with Gasteiger partial charge >= 0.3 is 0 Å². The topological polar surface area (TPSA) is 69.6 Å². The number of nitrogens with zero attached hydrogens (tertiary/aromatic N) is 4. The predicted molar refractivity (Wildman–Crippen MR) is 73.7 cm³/mol. The first-order valence-corrected chi connectivity index (χ1v) is 6.16. The van der Waals surface area contributed by atoms with E-state index in [1.807, 2.05) is 19.1 Å². The molecule has 106 valence electrons. The van der Waals surface area contributed by atoms with Crippen LogP contribution in [0.1, 0.15) is 5.56 Å².